The molecule has 0 atom stereocenters. The van der Waals surface area contributed by atoms with Crippen molar-refractivity contribution in [2.45, 2.75) is 27.5 Å². The van der Waals surface area contributed by atoms with Crippen LogP contribution in [0.2, 0.25) is 5.15 Å². The quantitative estimate of drug-likeness (QED) is 0.460. The number of aliphatic imine (C=N–C) groups is 1. The molecule has 0 spiro atoms. The fourth-order valence-electron chi connectivity index (χ4n) is 1.73. The fraction of sp³-hybridized carbons (Fsp3) is 0.467. The summed E-state index contributed by atoms with van der Waals surface area (Å²) in [5.74, 6) is -0.367. The van der Waals surface area contributed by atoms with Gasteiger partial charge in [-0.1, -0.05) is 11.6 Å². The van der Waals surface area contributed by atoms with Gasteiger partial charge in [0.15, 0.2) is 17.9 Å². The number of carbonyl (C=O) groups is 1. The van der Waals surface area contributed by atoms with E-state index in [-0.39, 0.29) is 29.0 Å². The maximum absolute atomic E-state index is 12.2. The summed E-state index contributed by atoms with van der Waals surface area (Å²) in [6.07, 6.45) is 2.77. The summed E-state index contributed by atoms with van der Waals surface area (Å²) in [5, 5.41) is 0.0641. The summed E-state index contributed by atoms with van der Waals surface area (Å²) in [4.78, 5) is 42.0. The first kappa shape index (κ1) is 18.8. The van der Waals surface area contributed by atoms with Crippen molar-refractivity contribution in [1.82, 2.24) is 24.4 Å². The molecule has 0 saturated carbocycles. The lowest BCUT2D eigenvalue weighted by Crippen LogP contribution is -2.25. The Balaban J connectivity index is 2.56. The number of halogens is 1. The van der Waals surface area contributed by atoms with E-state index in [1.807, 2.05) is 0 Å². The van der Waals surface area contributed by atoms with Crippen LogP contribution in [0.4, 0.5) is 5.95 Å². The Hall–Kier alpha value is -2.55. The zero-order valence-electron chi connectivity index (χ0n) is 14.6. The predicted molar refractivity (Wildman–Crippen MR) is 94.0 cm³/mol. The average Bonchev–Trinajstić information content (AvgIpc) is 2.51. The highest BCUT2D eigenvalue weighted by atomic mass is 35.5. The number of fused-ring (bicyclic) bond motifs is 1. The second-order valence-electron chi connectivity index (χ2n) is 6.53. The molecule has 0 aliphatic heterocycles. The Morgan fingerprint density at radius 1 is 1.40 bits per heavy atom. The first-order chi connectivity index (χ1) is 11.6. The van der Waals surface area contributed by atoms with Crippen LogP contribution in [0.25, 0.3) is 11.2 Å². The molecule has 9 nitrogen and oxygen atoms in total. The molecule has 0 unspecified atom stereocenters. The van der Waals surface area contributed by atoms with Gasteiger partial charge in [0.1, 0.15) is 5.15 Å². The zero-order valence-corrected chi connectivity index (χ0v) is 15.4. The first-order valence-electron chi connectivity index (χ1n) is 7.40. The van der Waals surface area contributed by atoms with Gasteiger partial charge in [-0.05, 0) is 20.8 Å². The largest absolute Gasteiger partial charge is 0.443 e. The van der Waals surface area contributed by atoms with E-state index in [0.29, 0.717) is 0 Å². The van der Waals surface area contributed by atoms with Crippen LogP contribution in [-0.4, -0.2) is 50.8 Å². The molecular weight excluding hydrogens is 348 g/mol. The SMILES string of the molecule is CN(C)/C=N/c1nc(=O)c2nc(Cl)cnc2n1COC(=O)C(C)(C)C. The molecule has 0 radical (unpaired) electrons. The van der Waals surface area contributed by atoms with Crippen LogP contribution >= 0.6 is 11.6 Å². The number of hydrogen-bond acceptors (Lipinski definition) is 7. The molecule has 0 aromatic carbocycles. The van der Waals surface area contributed by atoms with E-state index in [1.54, 1.807) is 39.8 Å². The van der Waals surface area contributed by atoms with Gasteiger partial charge >= 0.3 is 11.5 Å². The Kier molecular flexibility index (Phi) is 5.36. The van der Waals surface area contributed by atoms with Crippen molar-refractivity contribution in [3.8, 4) is 0 Å². The number of aromatic nitrogens is 4. The van der Waals surface area contributed by atoms with E-state index in [4.69, 9.17) is 16.3 Å². The number of nitrogens with zero attached hydrogens (tertiary/aromatic N) is 6. The van der Waals surface area contributed by atoms with Gasteiger partial charge in [0.25, 0.3) is 0 Å². The second-order valence-corrected chi connectivity index (χ2v) is 6.92. The van der Waals surface area contributed by atoms with Gasteiger partial charge in [0.05, 0.1) is 18.0 Å². The van der Waals surface area contributed by atoms with E-state index in [2.05, 4.69) is 19.9 Å². The molecule has 0 N–H and O–H groups in total. The first-order valence-corrected chi connectivity index (χ1v) is 7.78. The van der Waals surface area contributed by atoms with E-state index in [9.17, 15) is 9.59 Å². The standard InChI is InChI=1S/C15H19ClN6O3/c1-15(2,3)13(24)25-8-22-11-10(19-9(16)6-17-11)12(23)20-14(22)18-7-21(4)5/h6-7H,8H2,1-5H3/b18-7+. The van der Waals surface area contributed by atoms with Crippen LogP contribution in [0.1, 0.15) is 20.8 Å². The molecule has 0 fully saturated rings. The molecule has 2 aromatic rings. The predicted octanol–water partition coefficient (Wildman–Crippen LogP) is 1.61. The Labute approximate surface area is 149 Å². The van der Waals surface area contributed by atoms with Gasteiger partial charge in [-0.15, -0.1) is 0 Å². The highest BCUT2D eigenvalue weighted by Gasteiger charge is 2.24. The summed E-state index contributed by atoms with van der Waals surface area (Å²) in [5.41, 5.74) is -1.14. The molecule has 10 heteroatoms. The maximum atomic E-state index is 12.2. The molecule has 0 aliphatic rings. The van der Waals surface area contributed by atoms with Crippen molar-refractivity contribution in [2.75, 3.05) is 14.1 Å². The third kappa shape index (κ3) is 4.50. The lowest BCUT2D eigenvalue weighted by atomic mass is 9.98. The topological polar surface area (TPSA) is 103 Å². The molecule has 0 amide bonds. The molecule has 2 heterocycles. The smallest absolute Gasteiger partial charge is 0.312 e. The highest BCUT2D eigenvalue weighted by molar-refractivity contribution is 6.29. The lowest BCUT2D eigenvalue weighted by molar-refractivity contribution is -0.156. The van der Waals surface area contributed by atoms with Crippen molar-refractivity contribution in [2.24, 2.45) is 10.4 Å². The summed E-state index contributed by atoms with van der Waals surface area (Å²) >= 11 is 5.80. The van der Waals surface area contributed by atoms with Crippen molar-refractivity contribution in [1.29, 1.82) is 0 Å². The average molecular weight is 367 g/mol. The third-order valence-electron chi connectivity index (χ3n) is 2.97. The molecule has 134 valence electrons. The minimum atomic E-state index is -0.676. The van der Waals surface area contributed by atoms with Crippen molar-refractivity contribution < 1.29 is 9.53 Å². The van der Waals surface area contributed by atoms with Crippen LogP contribution in [0.3, 0.4) is 0 Å². The molecule has 2 aromatic heterocycles. The summed E-state index contributed by atoms with van der Waals surface area (Å²) in [7, 11) is 3.54. The van der Waals surface area contributed by atoms with Crippen LogP contribution in [-0.2, 0) is 16.3 Å². The Bertz CT molecular complexity index is 885. The van der Waals surface area contributed by atoms with Gasteiger partial charge in [0.2, 0.25) is 5.95 Å². The van der Waals surface area contributed by atoms with Gasteiger partial charge in [0, 0.05) is 14.1 Å². The molecule has 2 rings (SSSR count). The van der Waals surface area contributed by atoms with Crippen LogP contribution in [0, 0.1) is 5.41 Å². The normalized spacial score (nSPS) is 11.9. The fourth-order valence-corrected chi connectivity index (χ4v) is 1.86. The third-order valence-corrected chi connectivity index (χ3v) is 3.15. The molecule has 0 saturated heterocycles. The van der Waals surface area contributed by atoms with Crippen molar-refractivity contribution in [3.05, 3.63) is 21.7 Å². The van der Waals surface area contributed by atoms with Crippen LogP contribution in [0.5, 0.6) is 0 Å². The van der Waals surface area contributed by atoms with Gasteiger partial charge in [-0.3, -0.25) is 14.2 Å². The van der Waals surface area contributed by atoms with E-state index >= 15 is 0 Å². The van der Waals surface area contributed by atoms with Crippen LogP contribution in [0.15, 0.2) is 16.0 Å². The summed E-state index contributed by atoms with van der Waals surface area (Å²) < 4.78 is 6.70. The van der Waals surface area contributed by atoms with Gasteiger partial charge in [-0.25, -0.2) is 15.0 Å². The Morgan fingerprint density at radius 3 is 2.68 bits per heavy atom. The minimum Gasteiger partial charge on any atom is -0.443 e. The number of carbonyl (C=O) groups excluding carboxylic acids is 1. The van der Waals surface area contributed by atoms with Crippen molar-refractivity contribution in [3.63, 3.8) is 0 Å². The highest BCUT2D eigenvalue weighted by Crippen LogP contribution is 2.19. The summed E-state index contributed by atoms with van der Waals surface area (Å²) in [6, 6.07) is 0. The molecule has 25 heavy (non-hydrogen) atoms. The zero-order chi connectivity index (χ0) is 18.8. The molecular formula is C15H19ClN6O3. The lowest BCUT2D eigenvalue weighted by Gasteiger charge is -2.18. The second kappa shape index (κ2) is 7.14. The number of rotatable bonds is 4. The van der Waals surface area contributed by atoms with E-state index < -0.39 is 16.9 Å². The number of hydrogen-bond donors (Lipinski definition) is 0. The van der Waals surface area contributed by atoms with E-state index in [1.165, 1.54) is 17.1 Å². The number of esters is 1. The molecule has 0 bridgehead atoms. The molecule has 0 aliphatic carbocycles. The monoisotopic (exact) mass is 366 g/mol. The van der Waals surface area contributed by atoms with Gasteiger partial charge < -0.3 is 9.64 Å². The number of ether oxygens (including phenoxy) is 1. The summed E-state index contributed by atoms with van der Waals surface area (Å²) in [6.45, 7) is 5.00. The van der Waals surface area contributed by atoms with Crippen LogP contribution < -0.4 is 5.56 Å². The van der Waals surface area contributed by atoms with Crippen molar-refractivity contribution >= 4 is 41.0 Å². The van der Waals surface area contributed by atoms with E-state index in [0.717, 1.165) is 0 Å². The Morgan fingerprint density at radius 2 is 2.08 bits per heavy atom. The minimum absolute atomic E-state index is 0.0249. The maximum Gasteiger partial charge on any atom is 0.312 e. The van der Waals surface area contributed by atoms with Gasteiger partial charge in [-0.2, -0.15) is 4.98 Å².